The van der Waals surface area contributed by atoms with Crippen LogP contribution in [0.25, 0.3) is 0 Å². The zero-order valence-electron chi connectivity index (χ0n) is 2.36. The Balaban J connectivity index is 2.80. The molecule has 0 unspecified atom stereocenters. The topological polar surface area (TPSA) is 17.1 Å². The first kappa shape index (κ1) is 4.49. The molecular weight excluding hydrogens is 162 g/mol. The van der Waals surface area contributed by atoms with Crippen LogP contribution in [0, 0.1) is 0 Å². The standard InChI is InChI=1S/C2H3O.Sb/c1-2-3;/h1H3;. The zero-order chi connectivity index (χ0) is 3.58. The van der Waals surface area contributed by atoms with E-state index in [1.165, 1.54) is 23.0 Å². The molecule has 0 amide bonds. The second kappa shape index (κ2) is 1.77. The van der Waals surface area contributed by atoms with Crippen molar-refractivity contribution in [2.24, 2.45) is 0 Å². The summed E-state index contributed by atoms with van der Waals surface area (Å²) in [6.07, 6.45) is 0. The first-order chi connectivity index (χ1) is 1.73. The van der Waals surface area contributed by atoms with Crippen LogP contribution < -0.4 is 0 Å². The molecule has 0 spiro atoms. The molecule has 0 aromatic carbocycles. The molecule has 1 nitrogen and oxygen atoms in total. The summed E-state index contributed by atoms with van der Waals surface area (Å²) in [5, 5.41) is 0. The Kier molecular flexibility index (Phi) is 1.99. The van der Waals surface area contributed by atoms with Crippen molar-refractivity contribution in [2.45, 2.75) is 6.92 Å². The van der Waals surface area contributed by atoms with Crippen molar-refractivity contribution in [3.8, 4) is 0 Å². The summed E-state index contributed by atoms with van der Waals surface area (Å²) >= 11 is 1.23. The molecule has 0 N–H and O–H groups in total. The van der Waals surface area contributed by atoms with E-state index in [9.17, 15) is 4.79 Å². The van der Waals surface area contributed by atoms with E-state index in [1.807, 2.05) is 0 Å². The molecule has 2 heteroatoms. The van der Waals surface area contributed by atoms with Crippen LogP contribution in [0.1, 0.15) is 6.92 Å². The molecule has 4 heavy (non-hydrogen) atoms. The SMILES string of the molecule is C[C](=O)[Sb]. The fourth-order valence-corrected chi connectivity index (χ4v) is 0. The maximum absolute atomic E-state index is 9.47. The van der Waals surface area contributed by atoms with Crippen molar-refractivity contribution in [3.63, 3.8) is 0 Å². The van der Waals surface area contributed by atoms with Crippen molar-refractivity contribution in [3.05, 3.63) is 0 Å². The van der Waals surface area contributed by atoms with Gasteiger partial charge >= 0.3 is 38.5 Å². The summed E-state index contributed by atoms with van der Waals surface area (Å²) in [6.45, 7) is 1.55. The Hall–Kier alpha value is 0.488. The van der Waals surface area contributed by atoms with Crippen molar-refractivity contribution in [1.29, 1.82) is 0 Å². The molecule has 0 aromatic rings. The average molecular weight is 165 g/mol. The van der Waals surface area contributed by atoms with Gasteiger partial charge in [0.15, 0.2) is 0 Å². The van der Waals surface area contributed by atoms with Gasteiger partial charge in [0.25, 0.3) is 0 Å². The van der Waals surface area contributed by atoms with Gasteiger partial charge in [-0.3, -0.25) is 0 Å². The summed E-state index contributed by atoms with van der Waals surface area (Å²) in [4.78, 5) is 9.47. The van der Waals surface area contributed by atoms with Crippen LogP contribution >= 0.6 is 0 Å². The van der Waals surface area contributed by atoms with Gasteiger partial charge in [0, 0.05) is 0 Å². The number of carbonyl (C=O) groups excluding carboxylic acids is 1. The molecule has 0 rings (SSSR count). The molecule has 0 aromatic heterocycles. The van der Waals surface area contributed by atoms with Gasteiger partial charge in [0.05, 0.1) is 0 Å². The number of hydrogen-bond donors (Lipinski definition) is 0. The molecule has 0 heterocycles. The fraction of sp³-hybridized carbons (Fsp3) is 0.500. The molecule has 0 aliphatic carbocycles. The molecule has 0 aliphatic rings. The van der Waals surface area contributed by atoms with Gasteiger partial charge in [-0.25, -0.2) is 0 Å². The van der Waals surface area contributed by atoms with Gasteiger partial charge in [-0.1, -0.05) is 0 Å². The van der Waals surface area contributed by atoms with E-state index in [2.05, 4.69) is 0 Å². The Bertz CT molecular complexity index is 29.0. The van der Waals surface area contributed by atoms with Gasteiger partial charge in [0.2, 0.25) is 0 Å². The van der Waals surface area contributed by atoms with Gasteiger partial charge in [-0.05, 0) is 0 Å². The van der Waals surface area contributed by atoms with E-state index in [4.69, 9.17) is 0 Å². The molecular formula is C2H3OSb. The average Bonchev–Trinajstić information content (AvgIpc) is 0.811. The van der Waals surface area contributed by atoms with E-state index < -0.39 is 0 Å². The van der Waals surface area contributed by atoms with Crippen molar-refractivity contribution < 1.29 is 4.79 Å². The molecule has 0 atom stereocenters. The summed E-state index contributed by atoms with van der Waals surface area (Å²) in [6, 6.07) is 0. The zero-order valence-corrected chi connectivity index (χ0v) is 4.91. The molecule has 0 fully saturated rings. The second-order valence-electron chi connectivity index (χ2n) is 0.519. The van der Waals surface area contributed by atoms with Crippen molar-refractivity contribution >= 4 is 26.8 Å². The van der Waals surface area contributed by atoms with Crippen molar-refractivity contribution in [2.75, 3.05) is 0 Å². The number of rotatable bonds is 0. The van der Waals surface area contributed by atoms with Gasteiger partial charge in [-0.15, -0.1) is 0 Å². The Morgan fingerprint density at radius 3 is 2.00 bits per heavy atom. The van der Waals surface area contributed by atoms with Gasteiger partial charge in [0.1, 0.15) is 0 Å². The Morgan fingerprint density at radius 1 is 2.00 bits per heavy atom. The summed E-state index contributed by atoms with van der Waals surface area (Å²) in [7, 11) is 0. The number of hydrogen-bond acceptors (Lipinski definition) is 1. The van der Waals surface area contributed by atoms with E-state index in [0.717, 1.165) is 0 Å². The summed E-state index contributed by atoms with van der Waals surface area (Å²) < 4.78 is 0.217. The van der Waals surface area contributed by atoms with Crippen LogP contribution in [0.5, 0.6) is 0 Å². The predicted octanol–water partition coefficient (Wildman–Crippen LogP) is -0.299. The maximum atomic E-state index is 9.47. The van der Waals surface area contributed by atoms with Crippen LogP contribution in [0.2, 0.25) is 0 Å². The van der Waals surface area contributed by atoms with Crippen molar-refractivity contribution in [1.82, 2.24) is 0 Å². The second-order valence-corrected chi connectivity index (χ2v) is 2.32. The predicted molar refractivity (Wildman–Crippen MR) is 16.4 cm³/mol. The van der Waals surface area contributed by atoms with E-state index >= 15 is 0 Å². The van der Waals surface area contributed by atoms with Crippen LogP contribution in [0.3, 0.4) is 0 Å². The molecule has 0 saturated heterocycles. The third kappa shape index (κ3) is 23.1. The van der Waals surface area contributed by atoms with Crippen LogP contribution in [0.4, 0.5) is 0 Å². The summed E-state index contributed by atoms with van der Waals surface area (Å²) in [5.74, 6) is 0. The number of carbonyl (C=O) groups is 1. The van der Waals surface area contributed by atoms with Crippen LogP contribution in [-0.4, -0.2) is 26.8 Å². The van der Waals surface area contributed by atoms with E-state index in [-0.39, 0.29) is 3.73 Å². The molecule has 22 valence electrons. The van der Waals surface area contributed by atoms with Crippen LogP contribution in [-0.2, 0) is 4.79 Å². The monoisotopic (exact) mass is 164 g/mol. The van der Waals surface area contributed by atoms with Gasteiger partial charge in [-0.2, -0.15) is 0 Å². The van der Waals surface area contributed by atoms with E-state index in [1.54, 1.807) is 6.92 Å². The molecule has 2 radical (unpaired) electrons. The first-order valence-electron chi connectivity index (χ1n) is 0.928. The molecule has 0 bridgehead atoms. The first-order valence-corrected chi connectivity index (χ1v) is 2.20. The molecule has 0 aliphatic heterocycles. The Labute approximate surface area is 38.9 Å². The third-order valence-corrected chi connectivity index (χ3v) is 0. The normalized spacial score (nSPS) is 6.50. The van der Waals surface area contributed by atoms with E-state index in [0.29, 0.717) is 0 Å². The molecule has 0 saturated carbocycles. The van der Waals surface area contributed by atoms with Gasteiger partial charge < -0.3 is 0 Å². The fourth-order valence-electron chi connectivity index (χ4n) is 0. The minimum atomic E-state index is 0.217. The minimum absolute atomic E-state index is 0.217. The quantitative estimate of drug-likeness (QED) is 0.450. The van der Waals surface area contributed by atoms with Crippen LogP contribution in [0.15, 0.2) is 0 Å². The third-order valence-electron chi connectivity index (χ3n) is 0. The summed E-state index contributed by atoms with van der Waals surface area (Å²) in [5.41, 5.74) is 0. The Morgan fingerprint density at radius 2 is 2.00 bits per heavy atom.